The molecule has 0 unspecified atom stereocenters. The molecule has 0 saturated carbocycles. The summed E-state index contributed by atoms with van der Waals surface area (Å²) in [5.74, 6) is -0.865. The van der Waals surface area contributed by atoms with Gasteiger partial charge in [0.25, 0.3) is 5.91 Å². The highest BCUT2D eigenvalue weighted by Gasteiger charge is 2.20. The highest BCUT2D eigenvalue weighted by Crippen LogP contribution is 2.32. The predicted molar refractivity (Wildman–Crippen MR) is 139 cm³/mol. The van der Waals surface area contributed by atoms with E-state index in [0.29, 0.717) is 29.1 Å². The number of hydrogen-bond acceptors (Lipinski definition) is 5. The van der Waals surface area contributed by atoms with E-state index in [9.17, 15) is 14.9 Å². The van der Waals surface area contributed by atoms with E-state index < -0.39 is 5.97 Å². The van der Waals surface area contributed by atoms with Gasteiger partial charge in [-0.2, -0.15) is 5.26 Å². The van der Waals surface area contributed by atoms with E-state index in [4.69, 9.17) is 4.74 Å². The maximum atomic E-state index is 13.2. The zero-order chi connectivity index (χ0) is 25.2. The Balaban J connectivity index is 1.46. The lowest BCUT2D eigenvalue weighted by molar-refractivity contribution is -0.135. The number of ether oxygens (including phenoxy) is 1. The van der Waals surface area contributed by atoms with Gasteiger partial charge in [0.1, 0.15) is 6.07 Å². The van der Waals surface area contributed by atoms with E-state index >= 15 is 0 Å². The van der Waals surface area contributed by atoms with E-state index in [1.54, 1.807) is 35.2 Å². The SMILES string of the molecule is N#Cc1ccccc1Sc1ccccc1C(=O)OCC(=O)N(Cc1ccccc1)Cc1ccccc1. The van der Waals surface area contributed by atoms with Crippen LogP contribution in [0.3, 0.4) is 0 Å². The molecule has 0 aliphatic carbocycles. The second-order valence-corrected chi connectivity index (χ2v) is 9.09. The highest BCUT2D eigenvalue weighted by atomic mass is 32.2. The molecule has 0 aliphatic heterocycles. The van der Waals surface area contributed by atoms with E-state index in [0.717, 1.165) is 16.0 Å². The molecule has 0 atom stereocenters. The summed E-state index contributed by atoms with van der Waals surface area (Å²) in [6.45, 7) is 0.444. The topological polar surface area (TPSA) is 70.4 Å². The highest BCUT2D eigenvalue weighted by molar-refractivity contribution is 7.99. The minimum atomic E-state index is -0.583. The Morgan fingerprint density at radius 2 is 1.25 bits per heavy atom. The zero-order valence-corrected chi connectivity index (χ0v) is 20.4. The van der Waals surface area contributed by atoms with Crippen molar-refractivity contribution in [2.45, 2.75) is 22.9 Å². The lowest BCUT2D eigenvalue weighted by Crippen LogP contribution is -2.34. The molecule has 0 spiro atoms. The smallest absolute Gasteiger partial charge is 0.339 e. The summed E-state index contributed by atoms with van der Waals surface area (Å²) in [6, 6.07) is 35.8. The largest absolute Gasteiger partial charge is 0.452 e. The molecule has 36 heavy (non-hydrogen) atoms. The van der Waals surface area contributed by atoms with Crippen molar-refractivity contribution >= 4 is 23.6 Å². The molecule has 4 rings (SSSR count). The van der Waals surface area contributed by atoms with Crippen molar-refractivity contribution in [2.75, 3.05) is 6.61 Å². The van der Waals surface area contributed by atoms with Gasteiger partial charge in [0, 0.05) is 22.9 Å². The van der Waals surface area contributed by atoms with Crippen LogP contribution in [0.4, 0.5) is 0 Å². The van der Waals surface area contributed by atoms with Crippen LogP contribution in [0.25, 0.3) is 0 Å². The number of amides is 1. The summed E-state index contributed by atoms with van der Waals surface area (Å²) in [5, 5.41) is 9.39. The number of nitrogens with zero attached hydrogens (tertiary/aromatic N) is 2. The van der Waals surface area contributed by atoms with Crippen molar-refractivity contribution in [3.8, 4) is 6.07 Å². The number of carbonyl (C=O) groups is 2. The summed E-state index contributed by atoms with van der Waals surface area (Å²) in [6.07, 6.45) is 0. The minimum absolute atomic E-state index is 0.281. The van der Waals surface area contributed by atoms with Crippen LogP contribution in [-0.4, -0.2) is 23.4 Å². The number of benzene rings is 4. The van der Waals surface area contributed by atoms with E-state index in [1.165, 1.54) is 11.8 Å². The second kappa shape index (κ2) is 12.4. The Hall–Kier alpha value is -4.34. The Morgan fingerprint density at radius 1 is 0.722 bits per heavy atom. The fourth-order valence-electron chi connectivity index (χ4n) is 3.63. The summed E-state index contributed by atoms with van der Waals surface area (Å²) in [5.41, 5.74) is 2.86. The van der Waals surface area contributed by atoms with Gasteiger partial charge in [0.15, 0.2) is 6.61 Å². The molecule has 5 nitrogen and oxygen atoms in total. The lowest BCUT2D eigenvalue weighted by Gasteiger charge is -2.23. The summed E-state index contributed by atoms with van der Waals surface area (Å²) < 4.78 is 5.47. The van der Waals surface area contributed by atoms with Crippen LogP contribution in [-0.2, 0) is 22.6 Å². The van der Waals surface area contributed by atoms with Gasteiger partial charge in [-0.25, -0.2) is 4.79 Å². The maximum Gasteiger partial charge on any atom is 0.339 e. The van der Waals surface area contributed by atoms with Gasteiger partial charge in [-0.05, 0) is 35.4 Å². The Bertz CT molecular complexity index is 1330. The maximum absolute atomic E-state index is 13.2. The number of hydrogen-bond donors (Lipinski definition) is 0. The lowest BCUT2D eigenvalue weighted by atomic mass is 10.1. The molecule has 4 aromatic carbocycles. The number of rotatable bonds is 9. The molecular formula is C30H24N2O3S. The van der Waals surface area contributed by atoms with Gasteiger partial charge >= 0.3 is 5.97 Å². The van der Waals surface area contributed by atoms with Gasteiger partial charge in [0.2, 0.25) is 0 Å². The van der Waals surface area contributed by atoms with Crippen molar-refractivity contribution in [1.29, 1.82) is 5.26 Å². The van der Waals surface area contributed by atoms with E-state index in [-0.39, 0.29) is 12.5 Å². The predicted octanol–water partition coefficient (Wildman–Crippen LogP) is 6.10. The molecule has 0 aromatic heterocycles. The quantitative estimate of drug-likeness (QED) is 0.264. The number of nitriles is 1. The van der Waals surface area contributed by atoms with Crippen molar-refractivity contribution in [3.63, 3.8) is 0 Å². The molecule has 4 aromatic rings. The second-order valence-electron chi connectivity index (χ2n) is 8.00. The Kier molecular flexibility index (Phi) is 8.53. The molecule has 6 heteroatoms. The molecule has 178 valence electrons. The molecule has 0 bridgehead atoms. The van der Waals surface area contributed by atoms with Gasteiger partial charge in [-0.15, -0.1) is 0 Å². The molecule has 0 fully saturated rings. The van der Waals surface area contributed by atoms with Crippen LogP contribution in [0.2, 0.25) is 0 Å². The zero-order valence-electron chi connectivity index (χ0n) is 19.5. The van der Waals surface area contributed by atoms with Crippen LogP contribution in [0, 0.1) is 11.3 Å². The van der Waals surface area contributed by atoms with Crippen LogP contribution < -0.4 is 0 Å². The minimum Gasteiger partial charge on any atom is -0.452 e. The molecule has 0 saturated heterocycles. The monoisotopic (exact) mass is 492 g/mol. The molecular weight excluding hydrogens is 468 g/mol. The van der Waals surface area contributed by atoms with Crippen LogP contribution in [0.15, 0.2) is 119 Å². The van der Waals surface area contributed by atoms with Crippen molar-refractivity contribution in [2.24, 2.45) is 0 Å². The number of esters is 1. The Morgan fingerprint density at radius 3 is 1.86 bits per heavy atom. The third-order valence-corrected chi connectivity index (χ3v) is 6.60. The first-order valence-electron chi connectivity index (χ1n) is 11.4. The normalized spacial score (nSPS) is 10.3. The fraction of sp³-hybridized carbons (Fsp3) is 0.100. The summed E-state index contributed by atoms with van der Waals surface area (Å²) >= 11 is 1.32. The van der Waals surface area contributed by atoms with Crippen molar-refractivity contribution in [1.82, 2.24) is 4.90 Å². The van der Waals surface area contributed by atoms with Gasteiger partial charge in [-0.3, -0.25) is 4.79 Å². The Labute approximate surface area is 215 Å². The molecule has 1 amide bonds. The van der Waals surface area contributed by atoms with Gasteiger partial charge in [-0.1, -0.05) is 96.7 Å². The van der Waals surface area contributed by atoms with Crippen LogP contribution in [0.1, 0.15) is 27.0 Å². The standard InChI is InChI=1S/C30H24N2O3S/c31-19-25-15-7-9-17-27(25)36-28-18-10-8-16-26(28)30(34)35-22-29(33)32(20-23-11-3-1-4-12-23)21-24-13-5-2-6-14-24/h1-18H,20-22H2. The first-order chi connectivity index (χ1) is 17.6. The molecule has 0 N–H and O–H groups in total. The van der Waals surface area contributed by atoms with Crippen LogP contribution in [0.5, 0.6) is 0 Å². The van der Waals surface area contributed by atoms with Gasteiger partial charge < -0.3 is 9.64 Å². The van der Waals surface area contributed by atoms with E-state index in [1.807, 2.05) is 78.9 Å². The van der Waals surface area contributed by atoms with Gasteiger partial charge in [0.05, 0.1) is 11.1 Å². The van der Waals surface area contributed by atoms with Crippen molar-refractivity contribution < 1.29 is 14.3 Å². The third-order valence-electron chi connectivity index (χ3n) is 5.45. The van der Waals surface area contributed by atoms with Crippen molar-refractivity contribution in [3.05, 3.63) is 131 Å². The van der Waals surface area contributed by atoms with Crippen LogP contribution >= 0.6 is 11.8 Å². The first-order valence-corrected chi connectivity index (χ1v) is 12.2. The molecule has 0 heterocycles. The summed E-state index contributed by atoms with van der Waals surface area (Å²) in [7, 11) is 0. The summed E-state index contributed by atoms with van der Waals surface area (Å²) in [4.78, 5) is 29.2. The number of carbonyl (C=O) groups excluding carboxylic acids is 2. The first kappa shape index (κ1) is 24.8. The average Bonchev–Trinajstić information content (AvgIpc) is 2.93. The molecule has 0 aliphatic rings. The van der Waals surface area contributed by atoms with E-state index in [2.05, 4.69) is 6.07 Å². The third kappa shape index (κ3) is 6.62. The average molecular weight is 493 g/mol. The molecule has 0 radical (unpaired) electrons. The fourth-order valence-corrected chi connectivity index (χ4v) is 4.64.